The van der Waals surface area contributed by atoms with Gasteiger partial charge in [0, 0.05) is 0 Å². The summed E-state index contributed by atoms with van der Waals surface area (Å²) in [5.74, 6) is 0. The van der Waals surface area contributed by atoms with Gasteiger partial charge in [-0.15, -0.1) is 0 Å². The predicted molar refractivity (Wildman–Crippen MR) is 56.7 cm³/mol. The smallest absolute Gasteiger partial charge is 0.0765 e. The Hall–Kier alpha value is 0.710. The zero-order chi connectivity index (χ0) is 8.27. The third-order valence-corrected chi connectivity index (χ3v) is 6.23. The lowest BCUT2D eigenvalue weighted by Crippen LogP contribution is -1.80. The number of rotatable bonds is 2. The largest absolute Gasteiger partial charge is 0.104 e. The van der Waals surface area contributed by atoms with Gasteiger partial charge in [0.2, 0.25) is 0 Å². The highest BCUT2D eigenvalue weighted by Gasteiger charge is 2.14. The number of hydrogen-bond acceptors (Lipinski definition) is 0. The van der Waals surface area contributed by atoms with E-state index in [-0.39, 0.29) is 4.57 Å². The highest BCUT2D eigenvalue weighted by atomic mass is 79.9. The molecule has 0 heterocycles. The fourth-order valence-electron chi connectivity index (χ4n) is 0.725. The second-order valence-electron chi connectivity index (χ2n) is 2.01. The van der Waals surface area contributed by atoms with Gasteiger partial charge in [0.1, 0.15) is 6.63 Å². The van der Waals surface area contributed by atoms with Gasteiger partial charge in [-0.3, -0.25) is 0 Å². The fraction of sp³-hybridized carbons (Fsp3) is 0.143. The Morgan fingerprint density at radius 3 is 2.18 bits per heavy atom. The van der Waals surface area contributed by atoms with Crippen LogP contribution in [0.25, 0.3) is 0 Å². The van der Waals surface area contributed by atoms with Crippen LogP contribution in [0.4, 0.5) is 0 Å². The minimum Gasteiger partial charge on any atom is -0.0765 e. The molecule has 0 saturated heterocycles. The van der Waals surface area contributed by atoms with Gasteiger partial charge in [-0.25, -0.2) is 0 Å². The molecule has 1 aromatic carbocycles. The van der Waals surface area contributed by atoms with Crippen molar-refractivity contribution in [2.75, 3.05) is 0 Å². The van der Waals surface area contributed by atoms with Gasteiger partial charge in [-0.1, -0.05) is 68.7 Å². The van der Waals surface area contributed by atoms with E-state index >= 15 is 0 Å². The summed E-state index contributed by atoms with van der Waals surface area (Å²) in [4.78, 5) is 0. The first kappa shape index (κ1) is 9.80. The minimum atomic E-state index is -0.977. The molecule has 1 unspecified atom stereocenters. The Bertz CT molecular complexity index is 215. The SMILES string of the molecule is ClP(Cl)C(Br)c1ccccc1. The van der Waals surface area contributed by atoms with Crippen LogP contribution in [0, 0.1) is 0 Å². The normalized spacial score (nSPS) is 13.5. The molecule has 0 saturated carbocycles. The van der Waals surface area contributed by atoms with Crippen LogP contribution in [0.3, 0.4) is 0 Å². The lowest BCUT2D eigenvalue weighted by atomic mass is 10.2. The molecule has 11 heavy (non-hydrogen) atoms. The molecule has 4 heteroatoms. The van der Waals surface area contributed by atoms with E-state index in [0.717, 1.165) is 5.56 Å². The molecule has 0 radical (unpaired) electrons. The molecular formula is C7H6BrCl2P. The Kier molecular flexibility index (Phi) is 4.16. The molecule has 1 rings (SSSR count). The topological polar surface area (TPSA) is 0 Å². The quantitative estimate of drug-likeness (QED) is 0.532. The van der Waals surface area contributed by atoms with Crippen molar-refractivity contribution in [3.05, 3.63) is 35.9 Å². The van der Waals surface area contributed by atoms with Crippen LogP contribution in [0.2, 0.25) is 0 Å². The van der Waals surface area contributed by atoms with Gasteiger partial charge in [0.15, 0.2) is 0 Å². The average molecular weight is 272 g/mol. The maximum Gasteiger partial charge on any atom is 0.104 e. The monoisotopic (exact) mass is 270 g/mol. The second-order valence-corrected chi connectivity index (χ2v) is 7.37. The second kappa shape index (κ2) is 4.67. The Labute approximate surface area is 85.4 Å². The number of hydrogen-bond donors (Lipinski definition) is 0. The lowest BCUT2D eigenvalue weighted by molar-refractivity contribution is 1.40. The third kappa shape index (κ3) is 2.91. The van der Waals surface area contributed by atoms with Crippen LogP contribution in [0.5, 0.6) is 0 Å². The van der Waals surface area contributed by atoms with Crippen LogP contribution in [-0.2, 0) is 0 Å². The number of halogens is 3. The first-order valence-electron chi connectivity index (χ1n) is 3.01. The number of alkyl halides is 1. The van der Waals surface area contributed by atoms with Crippen molar-refractivity contribution < 1.29 is 0 Å². The number of benzene rings is 1. The molecule has 0 aliphatic heterocycles. The van der Waals surface area contributed by atoms with Gasteiger partial charge < -0.3 is 0 Å². The van der Waals surface area contributed by atoms with E-state index in [4.69, 9.17) is 22.5 Å². The van der Waals surface area contributed by atoms with Crippen molar-refractivity contribution in [2.45, 2.75) is 4.57 Å². The maximum atomic E-state index is 5.75. The zero-order valence-electron chi connectivity index (χ0n) is 5.55. The average Bonchev–Trinajstić information content (AvgIpc) is 2.05. The molecule has 60 valence electrons. The van der Waals surface area contributed by atoms with Gasteiger partial charge in [-0.2, -0.15) is 0 Å². The van der Waals surface area contributed by atoms with Crippen molar-refractivity contribution in [3.8, 4) is 0 Å². The molecule has 1 aromatic rings. The summed E-state index contributed by atoms with van der Waals surface area (Å²) < 4.78 is 0.0852. The zero-order valence-corrected chi connectivity index (χ0v) is 9.54. The summed E-state index contributed by atoms with van der Waals surface area (Å²) in [6.45, 7) is -0.977. The molecular weight excluding hydrogens is 266 g/mol. The van der Waals surface area contributed by atoms with Crippen LogP contribution in [0.1, 0.15) is 10.1 Å². The van der Waals surface area contributed by atoms with E-state index in [2.05, 4.69) is 15.9 Å². The molecule has 1 atom stereocenters. The molecule has 0 nitrogen and oxygen atoms in total. The van der Waals surface area contributed by atoms with Gasteiger partial charge >= 0.3 is 0 Å². The van der Waals surface area contributed by atoms with E-state index in [1.54, 1.807) is 0 Å². The van der Waals surface area contributed by atoms with Gasteiger partial charge in [0.05, 0.1) is 4.57 Å². The summed E-state index contributed by atoms with van der Waals surface area (Å²) >= 11 is 14.9. The van der Waals surface area contributed by atoms with E-state index in [0.29, 0.717) is 0 Å². The van der Waals surface area contributed by atoms with E-state index < -0.39 is 6.63 Å². The third-order valence-electron chi connectivity index (χ3n) is 1.25. The standard InChI is InChI=1S/C7H6BrCl2P/c8-7(11(9)10)6-4-2-1-3-5-6/h1-5,7H. The van der Waals surface area contributed by atoms with E-state index in [1.165, 1.54) is 0 Å². The van der Waals surface area contributed by atoms with Gasteiger partial charge in [0.25, 0.3) is 0 Å². The van der Waals surface area contributed by atoms with Crippen molar-refractivity contribution in [3.63, 3.8) is 0 Å². The van der Waals surface area contributed by atoms with Crippen molar-refractivity contribution in [1.82, 2.24) is 0 Å². The van der Waals surface area contributed by atoms with E-state index in [1.807, 2.05) is 30.3 Å². The van der Waals surface area contributed by atoms with Crippen molar-refractivity contribution in [2.24, 2.45) is 0 Å². The Morgan fingerprint density at radius 1 is 1.18 bits per heavy atom. The molecule has 0 N–H and O–H groups in total. The van der Waals surface area contributed by atoms with Crippen LogP contribution in [0.15, 0.2) is 30.3 Å². The molecule has 0 spiro atoms. The molecule has 0 aliphatic carbocycles. The Morgan fingerprint density at radius 2 is 1.73 bits per heavy atom. The van der Waals surface area contributed by atoms with E-state index in [9.17, 15) is 0 Å². The summed E-state index contributed by atoms with van der Waals surface area (Å²) in [6.07, 6.45) is 0. The predicted octanol–water partition coefficient (Wildman–Crippen LogP) is 4.87. The Balaban J connectivity index is 2.77. The molecule has 0 fully saturated rings. The molecule has 0 bridgehead atoms. The first-order chi connectivity index (χ1) is 5.22. The molecule has 0 aromatic heterocycles. The maximum absolute atomic E-state index is 5.75. The fourth-order valence-corrected chi connectivity index (χ4v) is 2.10. The molecule has 0 aliphatic rings. The summed E-state index contributed by atoms with van der Waals surface area (Å²) in [5.41, 5.74) is 1.13. The lowest BCUT2D eigenvalue weighted by Gasteiger charge is -2.08. The highest BCUT2D eigenvalue weighted by molar-refractivity contribution is 9.10. The first-order valence-corrected chi connectivity index (χ1v) is 7.15. The molecule has 0 amide bonds. The summed E-state index contributed by atoms with van der Waals surface area (Å²) in [5, 5.41) is 0. The summed E-state index contributed by atoms with van der Waals surface area (Å²) in [7, 11) is 0. The van der Waals surface area contributed by atoms with Crippen molar-refractivity contribution >= 4 is 45.0 Å². The van der Waals surface area contributed by atoms with Crippen molar-refractivity contribution in [1.29, 1.82) is 0 Å². The summed E-state index contributed by atoms with van der Waals surface area (Å²) in [6, 6.07) is 9.90. The van der Waals surface area contributed by atoms with Crippen LogP contribution >= 0.6 is 45.0 Å². The minimum absolute atomic E-state index is 0.0852. The van der Waals surface area contributed by atoms with Gasteiger partial charge in [-0.05, 0) is 5.56 Å². The van der Waals surface area contributed by atoms with Crippen LogP contribution in [-0.4, -0.2) is 0 Å². The highest BCUT2D eigenvalue weighted by Crippen LogP contribution is 2.62. The van der Waals surface area contributed by atoms with Crippen LogP contribution < -0.4 is 0 Å².